The molecule has 0 heterocycles. The monoisotopic (exact) mass is 269 g/mol. The summed E-state index contributed by atoms with van der Waals surface area (Å²) >= 11 is 5.60. The molecule has 0 aromatic heterocycles. The molecule has 0 aliphatic rings. The van der Waals surface area contributed by atoms with Gasteiger partial charge in [-0.1, -0.05) is 6.92 Å². The molecule has 16 heavy (non-hydrogen) atoms. The first-order valence-electron chi connectivity index (χ1n) is 5.23. The molecule has 0 aliphatic carbocycles. The van der Waals surface area contributed by atoms with E-state index in [9.17, 15) is 13.2 Å². The Kier molecular flexibility index (Phi) is 5.76. The second-order valence-corrected chi connectivity index (χ2v) is 7.21. The van der Waals surface area contributed by atoms with E-state index in [1.54, 1.807) is 0 Å². The fraction of sp³-hybridized carbons (Fsp3) is 0.900. The molecule has 6 heteroatoms. The van der Waals surface area contributed by atoms with Crippen LogP contribution in [0.15, 0.2) is 0 Å². The van der Waals surface area contributed by atoms with Gasteiger partial charge in [0.2, 0.25) is 5.91 Å². The highest BCUT2D eigenvalue weighted by Gasteiger charge is 2.40. The van der Waals surface area contributed by atoms with Gasteiger partial charge in [-0.25, -0.2) is 8.42 Å². The maximum atomic E-state index is 12.1. The van der Waals surface area contributed by atoms with Crippen LogP contribution in [0.3, 0.4) is 0 Å². The summed E-state index contributed by atoms with van der Waals surface area (Å²) in [5.41, 5.74) is 0. The van der Waals surface area contributed by atoms with Crippen LogP contribution in [-0.4, -0.2) is 49.2 Å². The molecule has 0 saturated carbocycles. The van der Waals surface area contributed by atoms with E-state index < -0.39 is 14.6 Å². The van der Waals surface area contributed by atoms with Crippen molar-refractivity contribution in [3.05, 3.63) is 0 Å². The van der Waals surface area contributed by atoms with Crippen molar-refractivity contribution in [2.24, 2.45) is 0 Å². The highest BCUT2D eigenvalue weighted by atomic mass is 35.5. The molecular weight excluding hydrogens is 250 g/mol. The lowest BCUT2D eigenvalue weighted by Gasteiger charge is -2.30. The third-order valence-electron chi connectivity index (χ3n) is 2.58. The van der Waals surface area contributed by atoms with E-state index in [1.165, 1.54) is 18.7 Å². The maximum Gasteiger partial charge on any atom is 0.243 e. The van der Waals surface area contributed by atoms with Crippen molar-refractivity contribution in [3.63, 3.8) is 0 Å². The van der Waals surface area contributed by atoms with Crippen LogP contribution in [0.1, 0.15) is 27.2 Å². The Labute approximate surface area is 103 Å². The predicted molar refractivity (Wildman–Crippen MR) is 66.5 cm³/mol. The van der Waals surface area contributed by atoms with E-state index in [4.69, 9.17) is 11.6 Å². The van der Waals surface area contributed by atoms with Gasteiger partial charge in [-0.05, 0) is 20.3 Å². The Balaban J connectivity index is 5.00. The highest BCUT2D eigenvalue weighted by Crippen LogP contribution is 2.18. The van der Waals surface area contributed by atoms with Crippen LogP contribution >= 0.6 is 11.6 Å². The number of carbonyl (C=O) groups is 1. The Hall–Kier alpha value is -0.290. The van der Waals surface area contributed by atoms with Gasteiger partial charge in [0.1, 0.15) is 4.75 Å². The molecule has 0 rings (SSSR count). The number of nitrogens with zero attached hydrogens (tertiary/aromatic N) is 1. The lowest BCUT2D eigenvalue weighted by Crippen LogP contribution is -2.50. The fourth-order valence-corrected chi connectivity index (χ4v) is 1.88. The van der Waals surface area contributed by atoms with Crippen LogP contribution < -0.4 is 0 Å². The number of rotatable bonds is 6. The minimum absolute atomic E-state index is 0.311. The third-order valence-corrected chi connectivity index (χ3v) is 4.77. The average molecular weight is 270 g/mol. The average Bonchev–Trinajstić information content (AvgIpc) is 2.14. The van der Waals surface area contributed by atoms with E-state index >= 15 is 0 Å². The number of halogens is 1. The summed E-state index contributed by atoms with van der Waals surface area (Å²) in [7, 11) is -3.42. The van der Waals surface area contributed by atoms with Crippen molar-refractivity contribution in [2.45, 2.75) is 31.9 Å². The first kappa shape index (κ1) is 15.7. The van der Waals surface area contributed by atoms with Gasteiger partial charge in [0.15, 0.2) is 9.84 Å². The Morgan fingerprint density at radius 3 is 2.12 bits per heavy atom. The summed E-state index contributed by atoms with van der Waals surface area (Å²) in [6.45, 7) is 5.71. The smallest absolute Gasteiger partial charge is 0.243 e. The van der Waals surface area contributed by atoms with Gasteiger partial charge >= 0.3 is 0 Å². The lowest BCUT2D eigenvalue weighted by atomic mass is 10.1. The van der Waals surface area contributed by atoms with Crippen LogP contribution in [0.4, 0.5) is 0 Å². The van der Waals surface area contributed by atoms with E-state index in [0.717, 1.165) is 12.7 Å². The second kappa shape index (κ2) is 5.87. The number of hydrogen-bond donors (Lipinski definition) is 0. The van der Waals surface area contributed by atoms with Crippen LogP contribution in [0, 0.1) is 0 Å². The predicted octanol–water partition coefficient (Wildman–Crippen LogP) is 1.29. The summed E-state index contributed by atoms with van der Waals surface area (Å²) in [4.78, 5) is 13.6. The Morgan fingerprint density at radius 1 is 1.31 bits per heavy atom. The van der Waals surface area contributed by atoms with Crippen molar-refractivity contribution in [3.8, 4) is 0 Å². The molecule has 0 N–H and O–H groups in total. The molecular formula is C10H20ClNO3S. The number of sulfone groups is 1. The topological polar surface area (TPSA) is 54.5 Å². The van der Waals surface area contributed by atoms with Crippen LogP contribution in [0.25, 0.3) is 0 Å². The minimum atomic E-state index is -3.42. The Bertz CT molecular complexity index is 332. The number of alkyl halides is 1. The van der Waals surface area contributed by atoms with Gasteiger partial charge in [-0.15, -0.1) is 11.6 Å². The van der Waals surface area contributed by atoms with Crippen LogP contribution in [0.2, 0.25) is 0 Å². The zero-order valence-corrected chi connectivity index (χ0v) is 11.9. The summed E-state index contributed by atoms with van der Waals surface area (Å²) < 4.78 is 21.7. The van der Waals surface area contributed by atoms with Gasteiger partial charge in [0.25, 0.3) is 0 Å². The molecule has 4 nitrogen and oxygen atoms in total. The van der Waals surface area contributed by atoms with Crippen molar-refractivity contribution >= 4 is 27.3 Å². The van der Waals surface area contributed by atoms with Crippen LogP contribution in [-0.2, 0) is 14.6 Å². The highest BCUT2D eigenvalue weighted by molar-refractivity contribution is 7.92. The molecule has 0 aromatic carbocycles. The zero-order valence-electron chi connectivity index (χ0n) is 10.3. The largest absolute Gasteiger partial charge is 0.340 e. The van der Waals surface area contributed by atoms with Gasteiger partial charge in [0, 0.05) is 25.2 Å². The standard InChI is InChI=1S/C10H20ClNO3S/c1-5-7-12(8-6-11)9(13)10(2,3)16(4,14)15/h5-8H2,1-4H3. The fourth-order valence-electron chi connectivity index (χ4n) is 1.23. The second-order valence-electron chi connectivity index (χ2n) is 4.26. The molecule has 0 aliphatic heterocycles. The van der Waals surface area contributed by atoms with Crippen molar-refractivity contribution < 1.29 is 13.2 Å². The molecule has 0 spiro atoms. The summed E-state index contributed by atoms with van der Waals surface area (Å²) in [5, 5.41) is 0. The van der Waals surface area contributed by atoms with E-state index in [-0.39, 0.29) is 5.91 Å². The molecule has 1 amide bonds. The van der Waals surface area contributed by atoms with Gasteiger partial charge in [0.05, 0.1) is 0 Å². The third kappa shape index (κ3) is 3.63. The quantitative estimate of drug-likeness (QED) is 0.683. The van der Waals surface area contributed by atoms with Gasteiger partial charge in [-0.2, -0.15) is 0 Å². The summed E-state index contributed by atoms with van der Waals surface area (Å²) in [6.07, 6.45) is 1.86. The Morgan fingerprint density at radius 2 is 1.81 bits per heavy atom. The SMILES string of the molecule is CCCN(CCCl)C(=O)C(C)(C)S(C)(=O)=O. The first-order valence-corrected chi connectivity index (χ1v) is 7.66. The summed E-state index contributed by atoms with van der Waals surface area (Å²) in [5.74, 6) is -0.0662. The molecule has 0 unspecified atom stereocenters. The number of carbonyl (C=O) groups excluding carboxylic acids is 1. The van der Waals surface area contributed by atoms with E-state index in [0.29, 0.717) is 19.0 Å². The minimum Gasteiger partial charge on any atom is -0.340 e. The summed E-state index contributed by atoms with van der Waals surface area (Å²) in [6, 6.07) is 0. The normalized spacial score (nSPS) is 12.6. The molecule has 0 saturated heterocycles. The molecule has 96 valence electrons. The van der Waals surface area contributed by atoms with E-state index in [2.05, 4.69) is 0 Å². The van der Waals surface area contributed by atoms with Crippen molar-refractivity contribution in [1.82, 2.24) is 4.90 Å². The van der Waals surface area contributed by atoms with Crippen molar-refractivity contribution in [1.29, 1.82) is 0 Å². The van der Waals surface area contributed by atoms with Gasteiger partial charge in [-0.3, -0.25) is 4.79 Å². The van der Waals surface area contributed by atoms with Gasteiger partial charge < -0.3 is 4.90 Å². The molecule has 0 atom stereocenters. The molecule has 0 radical (unpaired) electrons. The lowest BCUT2D eigenvalue weighted by molar-refractivity contribution is -0.132. The van der Waals surface area contributed by atoms with Crippen molar-refractivity contribution in [2.75, 3.05) is 25.2 Å². The van der Waals surface area contributed by atoms with Crippen LogP contribution in [0.5, 0.6) is 0 Å². The molecule has 0 aromatic rings. The first-order chi connectivity index (χ1) is 7.18. The zero-order chi connectivity index (χ0) is 13.0. The van der Waals surface area contributed by atoms with E-state index in [1.807, 2.05) is 6.92 Å². The number of amides is 1. The molecule has 0 bridgehead atoms. The number of hydrogen-bond acceptors (Lipinski definition) is 3. The molecule has 0 fully saturated rings. The maximum absolute atomic E-state index is 12.1.